The Balaban J connectivity index is 0.000000175. The van der Waals surface area contributed by atoms with Crippen molar-refractivity contribution in [1.82, 2.24) is 0 Å². The van der Waals surface area contributed by atoms with Crippen molar-refractivity contribution in [3.05, 3.63) is 177 Å². The van der Waals surface area contributed by atoms with Crippen LogP contribution in [0.25, 0.3) is 0 Å². The molecule has 5 aromatic carbocycles. The lowest BCUT2D eigenvalue weighted by Crippen LogP contribution is -2.23. The third kappa shape index (κ3) is 9.55. The SMILES string of the molecule is Cc1cccc(CC2CCCCC2Cc2cccc(C)c2)c1.Cc1cccc(Cc2ccccc2Cc2cccc(C)c2)c1. The van der Waals surface area contributed by atoms with Crippen LogP contribution in [-0.4, -0.2) is 0 Å². The largest absolute Gasteiger partial charge is 0.0620 e. The second-order valence-corrected chi connectivity index (χ2v) is 13.3. The van der Waals surface area contributed by atoms with E-state index in [9.17, 15) is 0 Å². The van der Waals surface area contributed by atoms with Gasteiger partial charge in [0.2, 0.25) is 0 Å². The third-order valence-electron chi connectivity index (χ3n) is 9.30. The summed E-state index contributed by atoms with van der Waals surface area (Å²) in [5.74, 6) is 1.71. The van der Waals surface area contributed by atoms with Crippen molar-refractivity contribution < 1.29 is 0 Å². The lowest BCUT2D eigenvalue weighted by atomic mass is 9.73. The molecule has 5 aromatic rings. The zero-order valence-corrected chi connectivity index (χ0v) is 27.4. The molecule has 1 saturated carbocycles. The van der Waals surface area contributed by atoms with Crippen LogP contribution in [0.15, 0.2) is 121 Å². The highest BCUT2D eigenvalue weighted by Crippen LogP contribution is 2.35. The molecule has 0 bridgehead atoms. The van der Waals surface area contributed by atoms with Gasteiger partial charge in [-0.2, -0.15) is 0 Å². The van der Waals surface area contributed by atoms with Gasteiger partial charge < -0.3 is 0 Å². The van der Waals surface area contributed by atoms with Crippen LogP contribution in [0.2, 0.25) is 0 Å². The number of hydrogen-bond donors (Lipinski definition) is 0. The molecule has 226 valence electrons. The fourth-order valence-electron chi connectivity index (χ4n) is 7.09. The minimum atomic E-state index is 0.857. The second kappa shape index (κ2) is 15.7. The average Bonchev–Trinajstić information content (AvgIpc) is 3.00. The maximum atomic E-state index is 2.37. The molecule has 0 amide bonds. The van der Waals surface area contributed by atoms with Crippen LogP contribution in [0.4, 0.5) is 0 Å². The average molecular weight is 579 g/mol. The van der Waals surface area contributed by atoms with Crippen molar-refractivity contribution in [2.45, 2.75) is 79.1 Å². The lowest BCUT2D eigenvalue weighted by molar-refractivity contribution is 0.234. The van der Waals surface area contributed by atoms with E-state index in [1.165, 1.54) is 94.2 Å². The van der Waals surface area contributed by atoms with Crippen molar-refractivity contribution in [2.75, 3.05) is 0 Å². The Morgan fingerprint density at radius 1 is 0.409 bits per heavy atom. The van der Waals surface area contributed by atoms with Crippen molar-refractivity contribution in [1.29, 1.82) is 0 Å². The van der Waals surface area contributed by atoms with E-state index in [4.69, 9.17) is 0 Å². The Morgan fingerprint density at radius 2 is 0.750 bits per heavy atom. The van der Waals surface area contributed by atoms with Gasteiger partial charge in [-0.3, -0.25) is 0 Å². The number of rotatable bonds is 8. The van der Waals surface area contributed by atoms with E-state index in [2.05, 4.69) is 149 Å². The van der Waals surface area contributed by atoms with Crippen LogP contribution in [0.3, 0.4) is 0 Å². The fourth-order valence-corrected chi connectivity index (χ4v) is 7.09. The number of aryl methyl sites for hydroxylation is 4. The molecule has 0 aliphatic heterocycles. The molecule has 0 heteroatoms. The first-order valence-electron chi connectivity index (χ1n) is 16.7. The molecule has 44 heavy (non-hydrogen) atoms. The smallest absolute Gasteiger partial charge is 0.00228 e. The molecule has 1 fully saturated rings. The predicted octanol–water partition coefficient (Wildman–Crippen LogP) is 11.4. The highest BCUT2D eigenvalue weighted by atomic mass is 14.3. The summed E-state index contributed by atoms with van der Waals surface area (Å²) in [6.07, 6.45) is 10.2. The van der Waals surface area contributed by atoms with E-state index in [-0.39, 0.29) is 0 Å². The molecule has 6 rings (SSSR count). The minimum Gasteiger partial charge on any atom is -0.0620 e. The molecule has 0 saturated heterocycles. The Kier molecular flexibility index (Phi) is 11.3. The van der Waals surface area contributed by atoms with Crippen LogP contribution < -0.4 is 0 Å². The molecule has 0 heterocycles. The van der Waals surface area contributed by atoms with Gasteiger partial charge in [0.15, 0.2) is 0 Å². The van der Waals surface area contributed by atoms with Gasteiger partial charge in [-0.15, -0.1) is 0 Å². The zero-order chi connectivity index (χ0) is 30.7. The summed E-state index contributed by atoms with van der Waals surface area (Å²) in [4.78, 5) is 0. The Bertz CT molecular complexity index is 1500. The standard InChI is InChI=1S/C22H28.C22H22/c2*1-17-7-5-9-19(13-17)15-21-11-3-4-12-22(21)16-20-10-6-8-18(2)14-20/h5-10,13-14,21-22H,3-4,11-12,15-16H2,1-2H3;3-14H,15-16H2,1-2H3. The van der Waals surface area contributed by atoms with Crippen LogP contribution in [0.1, 0.15) is 81.3 Å². The van der Waals surface area contributed by atoms with Crippen molar-refractivity contribution in [3.63, 3.8) is 0 Å². The van der Waals surface area contributed by atoms with Gasteiger partial charge in [0.25, 0.3) is 0 Å². The predicted molar refractivity (Wildman–Crippen MR) is 190 cm³/mol. The lowest BCUT2D eigenvalue weighted by Gasteiger charge is -2.32. The summed E-state index contributed by atoms with van der Waals surface area (Å²) in [5.41, 5.74) is 14.1. The van der Waals surface area contributed by atoms with Crippen LogP contribution in [0, 0.1) is 39.5 Å². The van der Waals surface area contributed by atoms with Crippen molar-refractivity contribution >= 4 is 0 Å². The van der Waals surface area contributed by atoms with E-state index >= 15 is 0 Å². The summed E-state index contributed by atoms with van der Waals surface area (Å²) < 4.78 is 0. The molecular weight excluding hydrogens is 528 g/mol. The molecule has 1 aliphatic carbocycles. The molecule has 0 N–H and O–H groups in total. The van der Waals surface area contributed by atoms with E-state index in [1.54, 1.807) is 0 Å². The summed E-state index contributed by atoms with van der Waals surface area (Å²) in [7, 11) is 0. The highest BCUT2D eigenvalue weighted by Gasteiger charge is 2.25. The van der Waals surface area contributed by atoms with Crippen LogP contribution in [-0.2, 0) is 25.7 Å². The Morgan fingerprint density at radius 3 is 1.11 bits per heavy atom. The molecule has 2 atom stereocenters. The van der Waals surface area contributed by atoms with Gasteiger partial charge in [-0.05, 0) is 111 Å². The van der Waals surface area contributed by atoms with Gasteiger partial charge >= 0.3 is 0 Å². The van der Waals surface area contributed by atoms with Gasteiger partial charge in [-0.1, -0.05) is 156 Å². The topological polar surface area (TPSA) is 0 Å². The number of benzene rings is 5. The normalized spacial score (nSPS) is 16.2. The van der Waals surface area contributed by atoms with E-state index in [0.717, 1.165) is 24.7 Å². The molecule has 0 spiro atoms. The fraction of sp³-hybridized carbons (Fsp3) is 0.318. The van der Waals surface area contributed by atoms with Crippen LogP contribution in [0.5, 0.6) is 0 Å². The summed E-state index contributed by atoms with van der Waals surface area (Å²) in [5, 5.41) is 0. The minimum absolute atomic E-state index is 0.857. The maximum absolute atomic E-state index is 2.37. The van der Waals surface area contributed by atoms with Gasteiger partial charge in [0.05, 0.1) is 0 Å². The summed E-state index contributed by atoms with van der Waals surface area (Å²) in [6, 6.07) is 44.6. The van der Waals surface area contributed by atoms with Crippen molar-refractivity contribution in [2.24, 2.45) is 11.8 Å². The molecule has 1 aliphatic rings. The first-order valence-corrected chi connectivity index (χ1v) is 16.7. The summed E-state index contributed by atoms with van der Waals surface area (Å²) in [6.45, 7) is 8.72. The second-order valence-electron chi connectivity index (χ2n) is 13.3. The molecule has 0 aromatic heterocycles. The molecule has 0 radical (unpaired) electrons. The van der Waals surface area contributed by atoms with Gasteiger partial charge in [-0.25, -0.2) is 0 Å². The summed E-state index contributed by atoms with van der Waals surface area (Å²) >= 11 is 0. The Hall–Kier alpha value is -3.90. The Labute approximate surface area is 267 Å². The van der Waals surface area contributed by atoms with E-state index in [1.807, 2.05) is 0 Å². The number of hydrogen-bond acceptors (Lipinski definition) is 0. The zero-order valence-electron chi connectivity index (χ0n) is 27.4. The maximum Gasteiger partial charge on any atom is -0.00228 e. The van der Waals surface area contributed by atoms with Crippen LogP contribution >= 0.6 is 0 Å². The van der Waals surface area contributed by atoms with E-state index in [0.29, 0.717) is 0 Å². The monoisotopic (exact) mass is 578 g/mol. The molecule has 0 nitrogen and oxygen atoms in total. The molecule has 2 unspecified atom stereocenters. The first-order chi connectivity index (χ1) is 21.4. The third-order valence-corrected chi connectivity index (χ3v) is 9.30. The molecular formula is C44H50. The quantitative estimate of drug-likeness (QED) is 0.172. The van der Waals surface area contributed by atoms with Gasteiger partial charge in [0, 0.05) is 0 Å². The highest BCUT2D eigenvalue weighted by molar-refractivity contribution is 5.38. The van der Waals surface area contributed by atoms with Gasteiger partial charge in [0.1, 0.15) is 0 Å². The van der Waals surface area contributed by atoms with E-state index < -0.39 is 0 Å². The first kappa shape index (κ1) is 31.5. The van der Waals surface area contributed by atoms with Crippen molar-refractivity contribution in [3.8, 4) is 0 Å².